The molecule has 0 aliphatic heterocycles. The summed E-state index contributed by atoms with van der Waals surface area (Å²) in [5, 5.41) is 0. The van der Waals surface area contributed by atoms with Crippen molar-refractivity contribution in [3.63, 3.8) is 0 Å². The van der Waals surface area contributed by atoms with E-state index in [9.17, 15) is 22.0 Å². The van der Waals surface area contributed by atoms with Crippen LogP contribution < -0.4 is 5.73 Å². The van der Waals surface area contributed by atoms with Crippen molar-refractivity contribution < 1.29 is 22.0 Å². The molecule has 1 aromatic rings. The summed E-state index contributed by atoms with van der Waals surface area (Å²) in [7, 11) is 0. The summed E-state index contributed by atoms with van der Waals surface area (Å²) in [5.41, 5.74) is 2.88. The van der Waals surface area contributed by atoms with Crippen LogP contribution in [0.3, 0.4) is 0 Å². The number of rotatable bonds is 1. The third kappa shape index (κ3) is 2.12. The van der Waals surface area contributed by atoms with Crippen molar-refractivity contribution >= 4 is 5.69 Å². The zero-order chi connectivity index (χ0) is 10.9. The Morgan fingerprint density at radius 1 is 1.14 bits per heavy atom. The first-order valence-electron chi connectivity index (χ1n) is 3.57. The number of anilines is 1. The first-order chi connectivity index (χ1) is 6.32. The molecule has 0 saturated carbocycles. The average molecular weight is 211 g/mol. The summed E-state index contributed by atoms with van der Waals surface area (Å²) in [6, 6.07) is 1.77. The summed E-state index contributed by atoms with van der Waals surface area (Å²) in [6.45, 7) is 0. The van der Waals surface area contributed by atoms with Crippen molar-refractivity contribution in [3.8, 4) is 0 Å². The van der Waals surface area contributed by atoms with Crippen molar-refractivity contribution in [2.45, 2.75) is 12.6 Å². The predicted octanol–water partition coefficient (Wildman–Crippen LogP) is 3.23. The van der Waals surface area contributed by atoms with E-state index in [1.54, 1.807) is 0 Å². The van der Waals surface area contributed by atoms with E-state index in [0.29, 0.717) is 18.2 Å². The molecule has 1 rings (SSSR count). The molecule has 78 valence electrons. The van der Waals surface area contributed by atoms with Gasteiger partial charge >= 0.3 is 6.18 Å². The summed E-state index contributed by atoms with van der Waals surface area (Å²) < 4.78 is 60.4. The fourth-order valence-corrected chi connectivity index (χ4v) is 0.950. The van der Waals surface area contributed by atoms with Gasteiger partial charge in [-0.15, -0.1) is 0 Å². The number of hydrogen-bond donors (Lipinski definition) is 1. The predicted molar refractivity (Wildman–Crippen MR) is 40.8 cm³/mol. The minimum atomic E-state index is -4.56. The molecule has 0 fully saturated rings. The Balaban J connectivity index is 3.13. The molecule has 0 aliphatic carbocycles. The molecule has 2 N–H and O–H groups in total. The van der Waals surface area contributed by atoms with Crippen molar-refractivity contribution in [2.75, 3.05) is 5.73 Å². The normalized spacial score (nSPS) is 12.1. The molecule has 1 aromatic carbocycles. The van der Waals surface area contributed by atoms with Gasteiger partial charge in [-0.05, 0) is 12.1 Å². The van der Waals surface area contributed by atoms with Gasteiger partial charge in [-0.25, -0.2) is 8.78 Å². The first-order valence-corrected chi connectivity index (χ1v) is 3.57. The molecule has 1 nitrogen and oxygen atoms in total. The lowest BCUT2D eigenvalue weighted by Crippen LogP contribution is -2.06. The Bertz CT molecular complexity index is 331. The lowest BCUT2D eigenvalue weighted by molar-refractivity contribution is -0.137. The third-order valence-corrected chi connectivity index (χ3v) is 1.65. The van der Waals surface area contributed by atoms with Crippen LogP contribution >= 0.6 is 0 Å². The van der Waals surface area contributed by atoms with Gasteiger partial charge in [-0.3, -0.25) is 0 Å². The molecule has 0 atom stereocenters. The Hall–Kier alpha value is -1.33. The number of hydrogen-bond acceptors (Lipinski definition) is 1. The summed E-state index contributed by atoms with van der Waals surface area (Å²) >= 11 is 0. The summed E-state index contributed by atoms with van der Waals surface area (Å²) in [6.07, 6.45) is -7.42. The fourth-order valence-electron chi connectivity index (χ4n) is 0.950. The van der Waals surface area contributed by atoms with Gasteiger partial charge in [0.15, 0.2) is 0 Å². The molecule has 0 radical (unpaired) electrons. The van der Waals surface area contributed by atoms with Crippen LogP contribution in [0.4, 0.5) is 27.6 Å². The molecule has 0 spiro atoms. The topological polar surface area (TPSA) is 26.0 Å². The summed E-state index contributed by atoms with van der Waals surface area (Å²) in [5.74, 6) is 0. The second kappa shape index (κ2) is 3.43. The summed E-state index contributed by atoms with van der Waals surface area (Å²) in [4.78, 5) is 0. The maximum atomic E-state index is 12.1. The maximum Gasteiger partial charge on any atom is 0.416 e. The maximum absolute atomic E-state index is 12.1. The van der Waals surface area contributed by atoms with E-state index in [0.717, 1.165) is 0 Å². The van der Waals surface area contributed by atoms with Crippen molar-refractivity contribution in [3.05, 3.63) is 29.3 Å². The van der Waals surface area contributed by atoms with Crippen LogP contribution in [0.1, 0.15) is 17.6 Å². The Morgan fingerprint density at radius 3 is 2.07 bits per heavy atom. The molecule has 0 bridgehead atoms. The van der Waals surface area contributed by atoms with E-state index in [1.807, 2.05) is 0 Å². The van der Waals surface area contributed by atoms with E-state index in [1.165, 1.54) is 0 Å². The molecule has 14 heavy (non-hydrogen) atoms. The molecule has 0 unspecified atom stereocenters. The van der Waals surface area contributed by atoms with E-state index < -0.39 is 29.4 Å². The molecular weight excluding hydrogens is 205 g/mol. The number of nitrogen functional groups attached to an aromatic ring is 1. The number of nitrogens with two attached hydrogens (primary N) is 1. The highest BCUT2D eigenvalue weighted by molar-refractivity contribution is 5.50. The monoisotopic (exact) mass is 211 g/mol. The van der Waals surface area contributed by atoms with Crippen LogP contribution in [0, 0.1) is 0 Å². The zero-order valence-electron chi connectivity index (χ0n) is 6.78. The molecule has 0 aliphatic rings. The van der Waals surface area contributed by atoms with E-state index in [2.05, 4.69) is 0 Å². The highest BCUT2D eigenvalue weighted by Crippen LogP contribution is 2.33. The lowest BCUT2D eigenvalue weighted by Gasteiger charge is -2.09. The molecule has 0 saturated heterocycles. The second-order valence-corrected chi connectivity index (χ2v) is 2.64. The smallest absolute Gasteiger partial charge is 0.398 e. The first kappa shape index (κ1) is 10.7. The Morgan fingerprint density at radius 2 is 1.71 bits per heavy atom. The van der Waals surface area contributed by atoms with Crippen LogP contribution in [0.2, 0.25) is 0 Å². The standard InChI is InChI=1S/C8H6F5N/c9-7(10)5-2-1-4(3-6(5)14)8(11,12)13/h1-3,7H,14H2. The highest BCUT2D eigenvalue weighted by atomic mass is 19.4. The Kier molecular flexibility index (Phi) is 2.64. The van der Waals surface area contributed by atoms with Crippen LogP contribution in [-0.4, -0.2) is 0 Å². The van der Waals surface area contributed by atoms with Crippen LogP contribution in [0.15, 0.2) is 18.2 Å². The van der Waals surface area contributed by atoms with Crippen molar-refractivity contribution in [1.29, 1.82) is 0 Å². The van der Waals surface area contributed by atoms with E-state index in [-0.39, 0.29) is 0 Å². The molecule has 0 aromatic heterocycles. The van der Waals surface area contributed by atoms with Crippen molar-refractivity contribution in [2.24, 2.45) is 0 Å². The highest BCUT2D eigenvalue weighted by Gasteiger charge is 2.31. The van der Waals surface area contributed by atoms with Gasteiger partial charge in [0.2, 0.25) is 0 Å². The number of benzene rings is 1. The second-order valence-electron chi connectivity index (χ2n) is 2.64. The van der Waals surface area contributed by atoms with E-state index in [4.69, 9.17) is 5.73 Å². The van der Waals surface area contributed by atoms with Crippen LogP contribution in [-0.2, 0) is 6.18 Å². The van der Waals surface area contributed by atoms with Gasteiger partial charge in [-0.1, -0.05) is 6.07 Å². The van der Waals surface area contributed by atoms with Crippen molar-refractivity contribution in [1.82, 2.24) is 0 Å². The fraction of sp³-hybridized carbons (Fsp3) is 0.250. The Labute approximate surface area is 76.3 Å². The zero-order valence-corrected chi connectivity index (χ0v) is 6.78. The molecule has 0 amide bonds. The van der Waals surface area contributed by atoms with E-state index >= 15 is 0 Å². The SMILES string of the molecule is Nc1cc(C(F)(F)F)ccc1C(F)F. The van der Waals surface area contributed by atoms with Crippen LogP contribution in [0.25, 0.3) is 0 Å². The molecule has 0 heterocycles. The molecule has 6 heteroatoms. The lowest BCUT2D eigenvalue weighted by atomic mass is 10.1. The largest absolute Gasteiger partial charge is 0.416 e. The number of alkyl halides is 5. The average Bonchev–Trinajstić information content (AvgIpc) is 2.01. The van der Waals surface area contributed by atoms with Gasteiger partial charge in [0, 0.05) is 11.3 Å². The van der Waals surface area contributed by atoms with Gasteiger partial charge in [-0.2, -0.15) is 13.2 Å². The van der Waals surface area contributed by atoms with Gasteiger partial charge < -0.3 is 5.73 Å². The minimum Gasteiger partial charge on any atom is -0.398 e. The van der Waals surface area contributed by atoms with Gasteiger partial charge in [0.05, 0.1) is 5.56 Å². The van der Waals surface area contributed by atoms with Crippen LogP contribution in [0.5, 0.6) is 0 Å². The third-order valence-electron chi connectivity index (χ3n) is 1.65. The molecular formula is C8H6F5N. The number of halogens is 5. The van der Waals surface area contributed by atoms with Gasteiger partial charge in [0.25, 0.3) is 6.43 Å². The van der Waals surface area contributed by atoms with Gasteiger partial charge in [0.1, 0.15) is 0 Å². The quantitative estimate of drug-likeness (QED) is 0.560. The minimum absolute atomic E-state index is 0.501.